The van der Waals surface area contributed by atoms with E-state index in [1.165, 1.54) is 0 Å². The molecule has 15 heavy (non-hydrogen) atoms. The molecule has 0 saturated carbocycles. The summed E-state index contributed by atoms with van der Waals surface area (Å²) >= 11 is 0. The quantitative estimate of drug-likeness (QED) is 0.763. The topological polar surface area (TPSA) is 35.0 Å². The molecule has 0 aliphatic heterocycles. The molecule has 0 amide bonds. The maximum absolute atomic E-state index is 5.50. The van der Waals surface area contributed by atoms with Gasteiger partial charge in [0.25, 0.3) is 0 Å². The summed E-state index contributed by atoms with van der Waals surface area (Å²) in [7, 11) is 0. The number of hydrogen-bond donors (Lipinski definition) is 0. The average molecular weight is 200 g/mol. The molecule has 0 N–H and O–H groups in total. The first-order chi connectivity index (χ1) is 7.42. The first-order valence-corrected chi connectivity index (χ1v) is 4.90. The van der Waals surface area contributed by atoms with Crippen molar-refractivity contribution in [3.8, 4) is 17.0 Å². The molecule has 0 aliphatic carbocycles. The molecule has 2 rings (SSSR count). The number of nitrogens with zero attached hydrogens (tertiary/aromatic N) is 2. The summed E-state index contributed by atoms with van der Waals surface area (Å²) in [4.78, 5) is 8.37. The van der Waals surface area contributed by atoms with Crippen LogP contribution in [0.1, 0.15) is 6.92 Å². The molecule has 0 aliphatic rings. The third-order valence-corrected chi connectivity index (χ3v) is 2.01. The third-order valence-electron chi connectivity index (χ3n) is 2.01. The second-order valence-corrected chi connectivity index (χ2v) is 3.02. The van der Waals surface area contributed by atoms with Crippen LogP contribution in [0.5, 0.6) is 5.75 Å². The van der Waals surface area contributed by atoms with Gasteiger partial charge in [0.2, 0.25) is 0 Å². The van der Waals surface area contributed by atoms with E-state index in [9.17, 15) is 0 Å². The highest BCUT2D eigenvalue weighted by molar-refractivity contribution is 5.64. The van der Waals surface area contributed by atoms with Crippen LogP contribution in [0.2, 0.25) is 0 Å². The number of pyridine rings is 2. The molecular weight excluding hydrogens is 188 g/mol. The van der Waals surface area contributed by atoms with E-state index in [1.807, 2.05) is 31.2 Å². The van der Waals surface area contributed by atoms with Crippen LogP contribution in [0.15, 0.2) is 42.9 Å². The molecule has 2 heterocycles. The molecule has 2 aromatic heterocycles. The van der Waals surface area contributed by atoms with E-state index in [0.29, 0.717) is 6.61 Å². The van der Waals surface area contributed by atoms with Gasteiger partial charge in [-0.3, -0.25) is 9.97 Å². The summed E-state index contributed by atoms with van der Waals surface area (Å²) < 4.78 is 5.50. The fraction of sp³-hybridized carbons (Fsp3) is 0.167. The summed E-state index contributed by atoms with van der Waals surface area (Å²) in [5.74, 6) is 0.799. The molecule has 0 unspecified atom stereocenters. The summed E-state index contributed by atoms with van der Waals surface area (Å²) in [5, 5.41) is 0. The van der Waals surface area contributed by atoms with Crippen molar-refractivity contribution in [3.63, 3.8) is 0 Å². The van der Waals surface area contributed by atoms with Gasteiger partial charge in [0.1, 0.15) is 11.4 Å². The Labute approximate surface area is 88.8 Å². The molecule has 0 spiro atoms. The maximum Gasteiger partial charge on any atom is 0.145 e. The van der Waals surface area contributed by atoms with Crippen molar-refractivity contribution in [2.45, 2.75) is 6.92 Å². The molecule has 3 heteroatoms. The van der Waals surface area contributed by atoms with Crippen LogP contribution in [-0.2, 0) is 0 Å². The lowest BCUT2D eigenvalue weighted by molar-refractivity contribution is 0.340. The van der Waals surface area contributed by atoms with Gasteiger partial charge in [-0.2, -0.15) is 0 Å². The highest BCUT2D eigenvalue weighted by Crippen LogP contribution is 2.26. The maximum atomic E-state index is 5.50. The van der Waals surface area contributed by atoms with Crippen molar-refractivity contribution in [2.75, 3.05) is 6.61 Å². The average Bonchev–Trinajstić information content (AvgIpc) is 2.31. The van der Waals surface area contributed by atoms with E-state index in [2.05, 4.69) is 9.97 Å². The SMILES string of the molecule is CCOc1cccnc1-c1cccnc1. The molecule has 0 atom stereocenters. The predicted molar refractivity (Wildman–Crippen MR) is 58.6 cm³/mol. The molecule has 76 valence electrons. The minimum absolute atomic E-state index is 0.638. The van der Waals surface area contributed by atoms with Crippen LogP contribution >= 0.6 is 0 Å². The zero-order chi connectivity index (χ0) is 10.5. The standard InChI is InChI=1S/C12H12N2O/c1-2-15-11-6-4-8-14-12(11)10-5-3-7-13-9-10/h3-9H,2H2,1H3. The van der Waals surface area contributed by atoms with E-state index in [-0.39, 0.29) is 0 Å². The lowest BCUT2D eigenvalue weighted by Gasteiger charge is -2.07. The van der Waals surface area contributed by atoms with Crippen LogP contribution in [0.4, 0.5) is 0 Å². The lowest BCUT2D eigenvalue weighted by Crippen LogP contribution is -1.95. The molecule has 0 bridgehead atoms. The van der Waals surface area contributed by atoms with E-state index in [0.717, 1.165) is 17.0 Å². The first kappa shape index (κ1) is 9.65. The minimum Gasteiger partial charge on any atom is -0.492 e. The van der Waals surface area contributed by atoms with Crippen molar-refractivity contribution in [1.82, 2.24) is 9.97 Å². The van der Waals surface area contributed by atoms with Gasteiger partial charge in [-0.05, 0) is 31.2 Å². The van der Waals surface area contributed by atoms with Gasteiger partial charge in [0.05, 0.1) is 6.61 Å². The zero-order valence-electron chi connectivity index (χ0n) is 8.55. The summed E-state index contributed by atoms with van der Waals surface area (Å²) in [6, 6.07) is 7.64. The van der Waals surface area contributed by atoms with Crippen LogP contribution in [0, 0.1) is 0 Å². The van der Waals surface area contributed by atoms with Crippen LogP contribution in [0.3, 0.4) is 0 Å². The molecular formula is C12H12N2O. The van der Waals surface area contributed by atoms with Gasteiger partial charge in [-0.15, -0.1) is 0 Å². The van der Waals surface area contributed by atoms with E-state index >= 15 is 0 Å². The Hall–Kier alpha value is -1.90. The summed E-state index contributed by atoms with van der Waals surface area (Å²) in [6.45, 7) is 2.60. The molecule has 0 fully saturated rings. The summed E-state index contributed by atoms with van der Waals surface area (Å²) in [5.41, 5.74) is 1.81. The minimum atomic E-state index is 0.638. The van der Waals surface area contributed by atoms with Gasteiger partial charge in [-0.25, -0.2) is 0 Å². The van der Waals surface area contributed by atoms with Crippen molar-refractivity contribution < 1.29 is 4.74 Å². The number of hydrogen-bond acceptors (Lipinski definition) is 3. The lowest BCUT2D eigenvalue weighted by atomic mass is 10.2. The molecule has 0 saturated heterocycles. The number of aromatic nitrogens is 2. The Morgan fingerprint density at radius 3 is 2.80 bits per heavy atom. The molecule has 0 aromatic carbocycles. The fourth-order valence-corrected chi connectivity index (χ4v) is 1.38. The van der Waals surface area contributed by atoms with Gasteiger partial charge in [0.15, 0.2) is 0 Å². The largest absolute Gasteiger partial charge is 0.492 e. The Morgan fingerprint density at radius 1 is 1.20 bits per heavy atom. The number of ether oxygens (including phenoxy) is 1. The Balaban J connectivity index is 2.43. The van der Waals surface area contributed by atoms with Crippen molar-refractivity contribution in [2.24, 2.45) is 0 Å². The van der Waals surface area contributed by atoms with E-state index in [1.54, 1.807) is 18.6 Å². The second kappa shape index (κ2) is 4.55. The monoisotopic (exact) mass is 200 g/mol. The van der Waals surface area contributed by atoms with Gasteiger partial charge < -0.3 is 4.74 Å². The van der Waals surface area contributed by atoms with Gasteiger partial charge >= 0.3 is 0 Å². The molecule has 2 aromatic rings. The molecule has 0 radical (unpaired) electrons. The van der Waals surface area contributed by atoms with Crippen LogP contribution in [-0.4, -0.2) is 16.6 Å². The fourth-order valence-electron chi connectivity index (χ4n) is 1.38. The van der Waals surface area contributed by atoms with E-state index in [4.69, 9.17) is 4.74 Å². The smallest absolute Gasteiger partial charge is 0.145 e. The predicted octanol–water partition coefficient (Wildman–Crippen LogP) is 2.54. The second-order valence-electron chi connectivity index (χ2n) is 3.02. The Bertz CT molecular complexity index is 429. The molecule has 3 nitrogen and oxygen atoms in total. The third kappa shape index (κ3) is 2.13. The Morgan fingerprint density at radius 2 is 2.07 bits per heavy atom. The van der Waals surface area contributed by atoms with Crippen molar-refractivity contribution in [3.05, 3.63) is 42.9 Å². The van der Waals surface area contributed by atoms with Crippen molar-refractivity contribution >= 4 is 0 Å². The zero-order valence-corrected chi connectivity index (χ0v) is 8.55. The first-order valence-electron chi connectivity index (χ1n) is 4.90. The van der Waals surface area contributed by atoms with E-state index < -0.39 is 0 Å². The highest BCUT2D eigenvalue weighted by Gasteiger charge is 2.05. The van der Waals surface area contributed by atoms with Crippen molar-refractivity contribution in [1.29, 1.82) is 0 Å². The summed E-state index contributed by atoms with van der Waals surface area (Å²) in [6.07, 6.45) is 5.28. The normalized spacial score (nSPS) is 9.93. The Kier molecular flexibility index (Phi) is 2.93. The highest BCUT2D eigenvalue weighted by atomic mass is 16.5. The number of rotatable bonds is 3. The van der Waals surface area contributed by atoms with Crippen LogP contribution < -0.4 is 4.74 Å². The van der Waals surface area contributed by atoms with Gasteiger partial charge in [-0.1, -0.05) is 0 Å². The van der Waals surface area contributed by atoms with Gasteiger partial charge in [0, 0.05) is 24.2 Å². The van der Waals surface area contributed by atoms with Crippen LogP contribution in [0.25, 0.3) is 11.3 Å².